The molecular formula is C30H47N3O9Si. The third-order valence-electron chi connectivity index (χ3n) is 6.63. The van der Waals surface area contributed by atoms with Crippen molar-refractivity contribution in [1.29, 1.82) is 0 Å². The van der Waals surface area contributed by atoms with E-state index in [4.69, 9.17) is 34.0 Å². The number of carbonyl (C=O) groups excluding carboxylic acids is 1. The molecule has 0 bridgehead atoms. The molecule has 0 saturated carbocycles. The smallest absolute Gasteiger partial charge is 0.342 e. The van der Waals surface area contributed by atoms with Crippen LogP contribution in [0, 0.1) is 5.92 Å². The van der Waals surface area contributed by atoms with E-state index in [-0.39, 0.29) is 43.8 Å². The van der Waals surface area contributed by atoms with Crippen molar-refractivity contribution < 1.29 is 43.4 Å². The highest BCUT2D eigenvalue weighted by Crippen LogP contribution is 2.36. The zero-order valence-corrected chi connectivity index (χ0v) is 27.5. The Morgan fingerprint density at radius 2 is 1.84 bits per heavy atom. The van der Waals surface area contributed by atoms with E-state index in [0.29, 0.717) is 11.3 Å². The number of carbonyl (C=O) groups is 1. The molecular weight excluding hydrogens is 574 g/mol. The minimum Gasteiger partial charge on any atom is -0.493 e. The van der Waals surface area contributed by atoms with Crippen LogP contribution < -0.4 is 9.47 Å². The monoisotopic (exact) mass is 621 g/mol. The third kappa shape index (κ3) is 12.0. The van der Waals surface area contributed by atoms with Crippen molar-refractivity contribution >= 4 is 20.1 Å². The van der Waals surface area contributed by atoms with Gasteiger partial charge in [0.05, 0.1) is 25.9 Å². The Balaban J connectivity index is 2.54. The maximum atomic E-state index is 13.5. The van der Waals surface area contributed by atoms with Gasteiger partial charge in [0, 0.05) is 25.7 Å². The van der Waals surface area contributed by atoms with E-state index in [9.17, 15) is 15.0 Å². The first-order valence-corrected chi connectivity index (χ1v) is 18.1. The predicted octanol–water partition coefficient (Wildman–Crippen LogP) is 5.32. The lowest BCUT2D eigenvalue weighted by Crippen LogP contribution is -2.33. The molecule has 0 radical (unpaired) electrons. The van der Waals surface area contributed by atoms with Gasteiger partial charge in [0.2, 0.25) is 0 Å². The molecule has 1 heterocycles. The molecule has 0 spiro atoms. The number of aliphatic hydroxyl groups excluding tert-OH is 2. The Morgan fingerprint density at radius 3 is 2.47 bits per heavy atom. The highest BCUT2D eigenvalue weighted by Gasteiger charge is 2.43. The Bertz CT molecular complexity index is 1160. The van der Waals surface area contributed by atoms with Crippen LogP contribution in [0.4, 0.5) is 0 Å². The largest absolute Gasteiger partial charge is 0.493 e. The molecule has 1 aromatic carbocycles. The average Bonchev–Trinajstić information content (AvgIpc) is 3.25. The Morgan fingerprint density at radius 1 is 1.14 bits per heavy atom. The molecule has 1 saturated heterocycles. The quantitative estimate of drug-likeness (QED) is 0.0343. The summed E-state index contributed by atoms with van der Waals surface area (Å²) in [6, 6.07) is 4.01. The van der Waals surface area contributed by atoms with Crippen LogP contribution in [0.5, 0.6) is 11.5 Å². The van der Waals surface area contributed by atoms with Gasteiger partial charge in [0.1, 0.15) is 35.4 Å². The van der Waals surface area contributed by atoms with Crippen LogP contribution >= 0.6 is 0 Å². The molecule has 1 fully saturated rings. The second-order valence-corrected chi connectivity index (χ2v) is 17.7. The summed E-state index contributed by atoms with van der Waals surface area (Å²) in [5.74, 6) is -1.21. The molecule has 240 valence electrons. The maximum Gasteiger partial charge on any atom is 0.342 e. The molecule has 1 aromatic rings. The number of esters is 1. The number of ether oxygens (including phenoxy) is 6. The summed E-state index contributed by atoms with van der Waals surface area (Å²) in [5, 5.41) is 24.3. The molecule has 0 aromatic heterocycles. The first kappa shape index (κ1) is 36.3. The lowest BCUT2D eigenvalue weighted by molar-refractivity contribution is -0.150. The normalized spacial score (nSPS) is 20.5. The highest BCUT2D eigenvalue weighted by molar-refractivity contribution is 6.76. The number of benzene rings is 1. The van der Waals surface area contributed by atoms with Crippen LogP contribution in [0.3, 0.4) is 0 Å². The van der Waals surface area contributed by atoms with Gasteiger partial charge in [-0.05, 0) is 50.4 Å². The van der Waals surface area contributed by atoms with Gasteiger partial charge in [-0.3, -0.25) is 0 Å². The van der Waals surface area contributed by atoms with Crippen molar-refractivity contribution in [3.05, 3.63) is 51.9 Å². The van der Waals surface area contributed by atoms with Crippen molar-refractivity contribution in [2.24, 2.45) is 11.0 Å². The zero-order chi connectivity index (χ0) is 32.2. The summed E-state index contributed by atoms with van der Waals surface area (Å²) in [6.45, 7) is 13.9. The number of hydrogen-bond acceptors (Lipinski definition) is 10. The van der Waals surface area contributed by atoms with Crippen LogP contribution in [0.25, 0.3) is 16.5 Å². The summed E-state index contributed by atoms with van der Waals surface area (Å²) in [6.07, 6.45) is 3.52. The molecule has 0 aliphatic carbocycles. The standard InChI is InChI=1S/C30H47N3O9Si/c1-20(21(2)34)9-11-23(35)28-26(41-30(3,4)42-28)12-10-22-24(38-16-15-32-33-31)13-14-25(40-19-37-5)27(22)29(36)39-17-18-43(6,7)8/h9-14,20-21,23,26,28,34-35H,15-19H2,1-8H3/b11-9-,12-10+/t20-,21+,23?,26-,28-/m1/s1. The average molecular weight is 622 g/mol. The Kier molecular flexibility index (Phi) is 14.2. The van der Waals surface area contributed by atoms with E-state index >= 15 is 0 Å². The van der Waals surface area contributed by atoms with E-state index in [1.807, 2.05) is 6.92 Å². The number of azide groups is 1. The van der Waals surface area contributed by atoms with Crippen molar-refractivity contribution in [2.45, 2.75) is 83.6 Å². The Hall–Kier alpha value is -2.90. The first-order chi connectivity index (χ1) is 20.2. The van der Waals surface area contributed by atoms with E-state index < -0.39 is 44.2 Å². The number of rotatable bonds is 17. The maximum absolute atomic E-state index is 13.5. The van der Waals surface area contributed by atoms with Crippen LogP contribution in [-0.2, 0) is 18.9 Å². The minimum atomic E-state index is -1.48. The number of methoxy groups -OCH3 is 1. The molecule has 1 unspecified atom stereocenters. The third-order valence-corrected chi connectivity index (χ3v) is 8.33. The predicted molar refractivity (Wildman–Crippen MR) is 166 cm³/mol. The summed E-state index contributed by atoms with van der Waals surface area (Å²) >= 11 is 0. The molecule has 12 nitrogen and oxygen atoms in total. The molecule has 1 aliphatic heterocycles. The van der Waals surface area contributed by atoms with E-state index in [2.05, 4.69) is 29.7 Å². The van der Waals surface area contributed by atoms with Gasteiger partial charge in [-0.25, -0.2) is 4.79 Å². The lowest BCUT2D eigenvalue weighted by Gasteiger charge is -2.20. The van der Waals surface area contributed by atoms with Gasteiger partial charge in [-0.1, -0.05) is 56.0 Å². The number of hydrogen-bond donors (Lipinski definition) is 2. The van der Waals surface area contributed by atoms with Crippen LogP contribution in [-0.4, -0.2) is 88.1 Å². The molecule has 43 heavy (non-hydrogen) atoms. The fourth-order valence-corrected chi connectivity index (χ4v) is 4.78. The van der Waals surface area contributed by atoms with Gasteiger partial charge in [0.25, 0.3) is 0 Å². The SMILES string of the molecule is COCOc1ccc(OCCN=[N+]=[N-])c(/C=C/[C@H]2OC(C)(C)O[C@@H]2C(O)/C=C\[C@@H](C)[C@H](C)O)c1C(=O)OCC[Si](C)(C)C. The summed E-state index contributed by atoms with van der Waals surface area (Å²) in [4.78, 5) is 16.3. The number of aliphatic hydroxyl groups is 2. The first-order valence-electron chi connectivity index (χ1n) is 14.4. The molecule has 13 heteroatoms. The van der Waals surface area contributed by atoms with Crippen molar-refractivity contribution in [3.63, 3.8) is 0 Å². The Labute approximate surface area is 255 Å². The summed E-state index contributed by atoms with van der Waals surface area (Å²) < 4.78 is 34.5. The van der Waals surface area contributed by atoms with E-state index in [0.717, 1.165) is 6.04 Å². The zero-order valence-electron chi connectivity index (χ0n) is 26.5. The van der Waals surface area contributed by atoms with Gasteiger partial charge in [-0.2, -0.15) is 0 Å². The van der Waals surface area contributed by atoms with E-state index in [1.165, 1.54) is 7.11 Å². The molecule has 5 atom stereocenters. The molecule has 2 rings (SSSR count). The van der Waals surface area contributed by atoms with Crippen molar-refractivity contribution in [1.82, 2.24) is 0 Å². The van der Waals surface area contributed by atoms with Gasteiger partial charge >= 0.3 is 5.97 Å². The van der Waals surface area contributed by atoms with Gasteiger partial charge < -0.3 is 38.6 Å². The fraction of sp³-hybridized carbons (Fsp3) is 0.633. The second kappa shape index (κ2) is 16.8. The molecule has 1 aliphatic rings. The highest BCUT2D eigenvalue weighted by atomic mass is 28.3. The van der Waals surface area contributed by atoms with Crippen LogP contribution in [0.2, 0.25) is 25.7 Å². The van der Waals surface area contributed by atoms with E-state index in [1.54, 1.807) is 57.2 Å². The van der Waals surface area contributed by atoms with Crippen molar-refractivity contribution in [3.8, 4) is 11.5 Å². The van der Waals surface area contributed by atoms with Crippen LogP contribution in [0.1, 0.15) is 43.6 Å². The fourth-order valence-electron chi connectivity index (χ4n) is 4.07. The summed E-state index contributed by atoms with van der Waals surface area (Å²) in [5.41, 5.74) is 9.13. The molecule has 2 N–H and O–H groups in total. The molecule has 0 amide bonds. The van der Waals surface area contributed by atoms with Gasteiger partial charge in [0.15, 0.2) is 12.6 Å². The second-order valence-electron chi connectivity index (χ2n) is 12.0. The van der Waals surface area contributed by atoms with Crippen LogP contribution in [0.15, 0.2) is 35.5 Å². The van der Waals surface area contributed by atoms with Gasteiger partial charge in [-0.15, -0.1) is 0 Å². The van der Waals surface area contributed by atoms with Crippen molar-refractivity contribution in [2.75, 3.05) is 33.7 Å². The minimum absolute atomic E-state index is 0.0664. The number of nitrogens with zero attached hydrogens (tertiary/aromatic N) is 3. The lowest BCUT2D eigenvalue weighted by atomic mass is 10.00. The summed E-state index contributed by atoms with van der Waals surface area (Å²) in [7, 11) is -0.00258. The topological polar surface area (TPSA) is 162 Å².